The van der Waals surface area contributed by atoms with Crippen molar-refractivity contribution in [1.29, 1.82) is 0 Å². The summed E-state index contributed by atoms with van der Waals surface area (Å²) in [6.45, 7) is 5.21. The number of aliphatic imine (C=N–C) groups is 1. The van der Waals surface area contributed by atoms with Crippen LogP contribution in [-0.4, -0.2) is 61.4 Å². The molecule has 0 aromatic heterocycles. The fraction of sp³-hybridized carbons (Fsp3) is 0.591. The second kappa shape index (κ2) is 11.2. The second-order valence-electron chi connectivity index (χ2n) is 7.92. The first-order valence-corrected chi connectivity index (χ1v) is 11.3. The Morgan fingerprint density at radius 1 is 1.13 bits per heavy atom. The Labute approximate surface area is 183 Å². The van der Waals surface area contributed by atoms with E-state index in [1.807, 2.05) is 11.8 Å². The monoisotopic (exact) mass is 433 g/mol. The first kappa shape index (κ1) is 22.4. The summed E-state index contributed by atoms with van der Waals surface area (Å²) in [6, 6.07) is 7.00. The van der Waals surface area contributed by atoms with E-state index < -0.39 is 0 Å². The summed E-state index contributed by atoms with van der Waals surface area (Å²) >= 11 is 5.85. The summed E-state index contributed by atoms with van der Waals surface area (Å²) in [6.07, 6.45) is 5.37. The number of carbonyl (C=O) groups is 2. The second-order valence-corrected chi connectivity index (χ2v) is 8.36. The number of hydrogen-bond acceptors (Lipinski definition) is 3. The highest BCUT2D eigenvalue weighted by Gasteiger charge is 2.32. The highest BCUT2D eigenvalue weighted by molar-refractivity contribution is 6.30. The molecule has 1 saturated heterocycles. The minimum atomic E-state index is -0.142. The van der Waals surface area contributed by atoms with Crippen LogP contribution < -0.4 is 16.0 Å². The normalized spacial score (nSPS) is 19.7. The summed E-state index contributed by atoms with van der Waals surface area (Å²) < 4.78 is 0. The molecule has 1 saturated carbocycles. The van der Waals surface area contributed by atoms with Gasteiger partial charge in [-0.3, -0.25) is 14.6 Å². The molecule has 1 unspecified atom stereocenters. The average Bonchev–Trinajstić information content (AvgIpc) is 3.43. The molecule has 1 aromatic carbocycles. The van der Waals surface area contributed by atoms with Gasteiger partial charge in [0.2, 0.25) is 5.91 Å². The standard InChI is InChI=1S/C22H32ClN5O2/c1-2-24-22(26-13-12-25-20(29)16-7-9-18(23)10-8-16)27-19-11-14-28(15-19)21(30)17-5-3-4-6-17/h7-10,17,19H,2-6,11-15H2,1H3,(H,25,29)(H2,24,26,27). The largest absolute Gasteiger partial charge is 0.357 e. The van der Waals surface area contributed by atoms with Crippen molar-refractivity contribution in [3.05, 3.63) is 34.9 Å². The average molecular weight is 434 g/mol. The zero-order chi connectivity index (χ0) is 21.3. The van der Waals surface area contributed by atoms with Crippen LogP contribution in [0.1, 0.15) is 49.4 Å². The van der Waals surface area contributed by atoms with Crippen LogP contribution in [0.25, 0.3) is 0 Å². The van der Waals surface area contributed by atoms with Crippen molar-refractivity contribution >= 4 is 29.4 Å². The third-order valence-electron chi connectivity index (χ3n) is 5.66. The van der Waals surface area contributed by atoms with Crippen LogP contribution in [0.5, 0.6) is 0 Å². The van der Waals surface area contributed by atoms with E-state index in [0.717, 1.165) is 44.9 Å². The molecule has 2 aliphatic rings. The van der Waals surface area contributed by atoms with Crippen molar-refractivity contribution in [2.24, 2.45) is 10.9 Å². The Morgan fingerprint density at radius 3 is 2.57 bits per heavy atom. The Hall–Kier alpha value is -2.28. The van der Waals surface area contributed by atoms with Gasteiger partial charge in [-0.2, -0.15) is 0 Å². The van der Waals surface area contributed by atoms with Crippen LogP contribution in [0.4, 0.5) is 0 Å². The summed E-state index contributed by atoms with van der Waals surface area (Å²) in [5.41, 5.74) is 0.575. The number of halogens is 1. The van der Waals surface area contributed by atoms with Gasteiger partial charge in [0.05, 0.1) is 6.54 Å². The molecule has 3 N–H and O–H groups in total. The van der Waals surface area contributed by atoms with Gasteiger partial charge < -0.3 is 20.9 Å². The van der Waals surface area contributed by atoms with Gasteiger partial charge in [0, 0.05) is 48.7 Å². The molecular weight excluding hydrogens is 402 g/mol. The van der Waals surface area contributed by atoms with E-state index >= 15 is 0 Å². The van der Waals surface area contributed by atoms with E-state index in [1.165, 1.54) is 12.8 Å². The molecule has 1 heterocycles. The molecule has 1 aromatic rings. The molecule has 0 radical (unpaired) electrons. The number of carbonyl (C=O) groups excluding carboxylic acids is 2. The lowest BCUT2D eigenvalue weighted by Gasteiger charge is -2.21. The molecule has 0 bridgehead atoms. The summed E-state index contributed by atoms with van der Waals surface area (Å²) in [5.74, 6) is 1.13. The molecule has 1 aliphatic carbocycles. The van der Waals surface area contributed by atoms with Gasteiger partial charge in [-0.25, -0.2) is 0 Å². The zero-order valence-corrected chi connectivity index (χ0v) is 18.4. The van der Waals surface area contributed by atoms with E-state index in [0.29, 0.717) is 29.6 Å². The molecular formula is C22H32ClN5O2. The van der Waals surface area contributed by atoms with Crippen LogP contribution in [-0.2, 0) is 4.79 Å². The molecule has 8 heteroatoms. The van der Waals surface area contributed by atoms with Gasteiger partial charge in [0.25, 0.3) is 5.91 Å². The number of guanidine groups is 1. The van der Waals surface area contributed by atoms with Crippen molar-refractivity contribution in [2.45, 2.75) is 45.1 Å². The number of nitrogens with one attached hydrogen (secondary N) is 3. The summed E-state index contributed by atoms with van der Waals surface area (Å²) in [7, 11) is 0. The van der Waals surface area contributed by atoms with E-state index in [4.69, 9.17) is 11.6 Å². The number of amides is 2. The van der Waals surface area contributed by atoms with Crippen LogP contribution in [0.2, 0.25) is 5.02 Å². The maximum absolute atomic E-state index is 12.6. The minimum absolute atomic E-state index is 0.142. The van der Waals surface area contributed by atoms with Crippen molar-refractivity contribution in [3.8, 4) is 0 Å². The lowest BCUT2D eigenvalue weighted by molar-refractivity contribution is -0.134. The maximum Gasteiger partial charge on any atom is 0.251 e. The van der Waals surface area contributed by atoms with E-state index in [9.17, 15) is 9.59 Å². The highest BCUT2D eigenvalue weighted by atomic mass is 35.5. The van der Waals surface area contributed by atoms with Crippen LogP contribution in [0.15, 0.2) is 29.3 Å². The topological polar surface area (TPSA) is 85.8 Å². The minimum Gasteiger partial charge on any atom is -0.357 e. The summed E-state index contributed by atoms with van der Waals surface area (Å²) in [5, 5.41) is 10.1. The number of hydrogen-bond donors (Lipinski definition) is 3. The number of benzene rings is 1. The number of nitrogens with zero attached hydrogens (tertiary/aromatic N) is 2. The fourth-order valence-electron chi connectivity index (χ4n) is 4.06. The highest BCUT2D eigenvalue weighted by Crippen LogP contribution is 2.27. The van der Waals surface area contributed by atoms with Crippen LogP contribution in [0.3, 0.4) is 0 Å². The predicted molar refractivity (Wildman–Crippen MR) is 120 cm³/mol. The zero-order valence-electron chi connectivity index (χ0n) is 17.6. The Bertz CT molecular complexity index is 746. The lowest BCUT2D eigenvalue weighted by Crippen LogP contribution is -2.45. The van der Waals surface area contributed by atoms with Gasteiger partial charge in [-0.05, 0) is 50.5 Å². The Kier molecular flexibility index (Phi) is 8.37. The van der Waals surface area contributed by atoms with E-state index in [1.54, 1.807) is 24.3 Å². The van der Waals surface area contributed by atoms with E-state index in [-0.39, 0.29) is 17.9 Å². The molecule has 30 heavy (non-hydrogen) atoms. The first-order valence-electron chi connectivity index (χ1n) is 10.9. The Balaban J connectivity index is 1.43. The molecule has 2 amide bonds. The quantitative estimate of drug-likeness (QED) is 0.350. The molecule has 2 fully saturated rings. The fourth-order valence-corrected chi connectivity index (χ4v) is 4.19. The molecule has 0 spiro atoms. The molecule has 1 aliphatic heterocycles. The lowest BCUT2D eigenvalue weighted by atomic mass is 10.1. The van der Waals surface area contributed by atoms with Gasteiger partial charge in [-0.1, -0.05) is 24.4 Å². The van der Waals surface area contributed by atoms with Gasteiger partial charge >= 0.3 is 0 Å². The molecule has 7 nitrogen and oxygen atoms in total. The van der Waals surface area contributed by atoms with Crippen molar-refractivity contribution in [1.82, 2.24) is 20.9 Å². The predicted octanol–water partition coefficient (Wildman–Crippen LogP) is 2.42. The maximum atomic E-state index is 12.6. The third-order valence-corrected chi connectivity index (χ3v) is 5.92. The van der Waals surface area contributed by atoms with Crippen LogP contribution in [0, 0.1) is 5.92 Å². The molecule has 1 atom stereocenters. The van der Waals surface area contributed by atoms with E-state index in [2.05, 4.69) is 20.9 Å². The third kappa shape index (κ3) is 6.36. The van der Waals surface area contributed by atoms with Crippen molar-refractivity contribution < 1.29 is 9.59 Å². The number of rotatable bonds is 7. The SMILES string of the molecule is CCNC(=NCCNC(=O)c1ccc(Cl)cc1)NC1CCN(C(=O)C2CCCC2)C1. The van der Waals surface area contributed by atoms with Gasteiger partial charge in [-0.15, -0.1) is 0 Å². The van der Waals surface area contributed by atoms with Crippen molar-refractivity contribution in [2.75, 3.05) is 32.7 Å². The summed E-state index contributed by atoms with van der Waals surface area (Å²) in [4.78, 5) is 31.3. The molecule has 3 rings (SSSR count). The van der Waals surface area contributed by atoms with Gasteiger partial charge in [0.1, 0.15) is 0 Å². The van der Waals surface area contributed by atoms with Gasteiger partial charge in [0.15, 0.2) is 5.96 Å². The Morgan fingerprint density at radius 2 is 1.87 bits per heavy atom. The molecule has 164 valence electrons. The number of likely N-dealkylation sites (tertiary alicyclic amines) is 1. The first-order chi connectivity index (χ1) is 14.6. The van der Waals surface area contributed by atoms with Crippen LogP contribution >= 0.6 is 11.6 Å². The smallest absolute Gasteiger partial charge is 0.251 e. The van der Waals surface area contributed by atoms with Crippen molar-refractivity contribution in [3.63, 3.8) is 0 Å².